The molecule has 1 atom stereocenters. The first-order chi connectivity index (χ1) is 12.5. The fourth-order valence-corrected chi connectivity index (χ4v) is 3.38. The van der Waals surface area contributed by atoms with Crippen LogP contribution < -0.4 is 5.32 Å². The molecule has 3 aromatic rings. The monoisotopic (exact) mass is 387 g/mol. The largest absolute Gasteiger partial charge is 0.411 e. The zero-order chi connectivity index (χ0) is 18.5. The molecular weight excluding hydrogens is 370 g/mol. The number of amides is 1. The molecule has 0 spiro atoms. The van der Waals surface area contributed by atoms with Crippen LogP contribution in [-0.4, -0.2) is 21.9 Å². The molecule has 2 aromatic carbocycles. The molecule has 1 aromatic heterocycles. The number of thioether (sulfide) groups is 1. The molecule has 26 heavy (non-hydrogen) atoms. The van der Waals surface area contributed by atoms with E-state index >= 15 is 0 Å². The molecule has 1 amide bonds. The summed E-state index contributed by atoms with van der Waals surface area (Å²) < 4.78 is 5.65. The molecule has 134 valence electrons. The van der Waals surface area contributed by atoms with E-state index in [0.29, 0.717) is 16.1 Å². The van der Waals surface area contributed by atoms with E-state index in [1.54, 1.807) is 6.07 Å². The van der Waals surface area contributed by atoms with Gasteiger partial charge in [0.05, 0.1) is 11.8 Å². The number of halogens is 1. The third-order valence-corrected chi connectivity index (χ3v) is 5.02. The maximum Gasteiger partial charge on any atom is 0.277 e. The molecule has 0 bridgehead atoms. The van der Waals surface area contributed by atoms with Gasteiger partial charge in [0.25, 0.3) is 5.22 Å². The van der Waals surface area contributed by atoms with Gasteiger partial charge in [-0.2, -0.15) is 0 Å². The summed E-state index contributed by atoms with van der Waals surface area (Å²) in [5, 5.41) is 12.0. The number of nitrogens with zero attached hydrogens (tertiary/aromatic N) is 2. The van der Waals surface area contributed by atoms with Crippen molar-refractivity contribution in [2.24, 2.45) is 0 Å². The van der Waals surface area contributed by atoms with Crippen molar-refractivity contribution in [3.8, 4) is 11.5 Å². The van der Waals surface area contributed by atoms with E-state index in [9.17, 15) is 4.79 Å². The predicted molar refractivity (Wildman–Crippen MR) is 103 cm³/mol. The molecule has 3 rings (SSSR count). The quantitative estimate of drug-likeness (QED) is 0.622. The average Bonchev–Trinajstić information content (AvgIpc) is 3.09. The van der Waals surface area contributed by atoms with Gasteiger partial charge >= 0.3 is 0 Å². The maximum absolute atomic E-state index is 12.2. The fourth-order valence-electron chi connectivity index (χ4n) is 2.50. The number of carbonyl (C=O) groups is 1. The molecule has 0 radical (unpaired) electrons. The number of benzene rings is 2. The lowest BCUT2D eigenvalue weighted by atomic mass is 10.1. The summed E-state index contributed by atoms with van der Waals surface area (Å²) in [6.07, 6.45) is 0. The number of aromatic nitrogens is 2. The van der Waals surface area contributed by atoms with E-state index in [0.717, 1.165) is 16.7 Å². The predicted octanol–water partition coefficient (Wildman–Crippen LogP) is 4.67. The van der Waals surface area contributed by atoms with Crippen LogP contribution >= 0.6 is 23.4 Å². The molecule has 1 heterocycles. The molecule has 0 aliphatic rings. The minimum absolute atomic E-state index is 0.127. The molecule has 1 N–H and O–H groups in total. The van der Waals surface area contributed by atoms with Crippen molar-refractivity contribution < 1.29 is 9.21 Å². The number of hydrogen-bond donors (Lipinski definition) is 1. The summed E-state index contributed by atoms with van der Waals surface area (Å²) >= 11 is 7.37. The highest BCUT2D eigenvalue weighted by molar-refractivity contribution is 7.99. The Morgan fingerprint density at radius 1 is 1.19 bits per heavy atom. The number of rotatable bonds is 6. The van der Waals surface area contributed by atoms with Crippen LogP contribution in [0.4, 0.5) is 0 Å². The molecule has 0 aliphatic heterocycles. The van der Waals surface area contributed by atoms with E-state index in [1.165, 1.54) is 11.8 Å². The van der Waals surface area contributed by atoms with Crippen LogP contribution in [0.2, 0.25) is 5.02 Å². The number of carbonyl (C=O) groups excluding carboxylic acids is 1. The summed E-state index contributed by atoms with van der Waals surface area (Å²) in [7, 11) is 0. The second-order valence-corrected chi connectivity index (χ2v) is 7.12. The highest BCUT2D eigenvalue weighted by Gasteiger charge is 2.15. The SMILES string of the molecule is Cc1ccccc1-c1nnc(SCC(=O)N[C@@H](C)c2ccccc2Cl)o1. The second kappa shape index (κ2) is 8.38. The fraction of sp³-hybridized carbons (Fsp3) is 0.211. The molecule has 0 aliphatic carbocycles. The second-order valence-electron chi connectivity index (χ2n) is 5.79. The van der Waals surface area contributed by atoms with Gasteiger partial charge in [-0.3, -0.25) is 4.79 Å². The molecule has 0 fully saturated rings. The van der Waals surface area contributed by atoms with E-state index in [-0.39, 0.29) is 17.7 Å². The molecule has 5 nitrogen and oxygen atoms in total. The Balaban J connectivity index is 1.57. The van der Waals surface area contributed by atoms with Crippen LogP contribution in [0.1, 0.15) is 24.1 Å². The van der Waals surface area contributed by atoms with Crippen LogP contribution in [0, 0.1) is 6.92 Å². The van der Waals surface area contributed by atoms with E-state index < -0.39 is 0 Å². The van der Waals surface area contributed by atoms with Crippen LogP contribution in [0.5, 0.6) is 0 Å². The standard InChI is InChI=1S/C19H18ClN3O2S/c1-12-7-3-4-8-14(12)18-22-23-19(25-18)26-11-17(24)21-13(2)15-9-5-6-10-16(15)20/h3-10,13H,11H2,1-2H3,(H,21,24)/t13-/m0/s1. The summed E-state index contributed by atoms with van der Waals surface area (Å²) in [4.78, 5) is 12.2. The Bertz CT molecular complexity index is 913. The Morgan fingerprint density at radius 3 is 2.69 bits per heavy atom. The zero-order valence-electron chi connectivity index (χ0n) is 14.4. The van der Waals surface area contributed by atoms with E-state index in [2.05, 4.69) is 15.5 Å². The molecule has 0 saturated carbocycles. The molecule has 0 saturated heterocycles. The van der Waals surface area contributed by atoms with E-state index in [1.807, 2.05) is 56.3 Å². The topological polar surface area (TPSA) is 68.0 Å². The zero-order valence-corrected chi connectivity index (χ0v) is 16.0. The number of nitrogens with one attached hydrogen (secondary N) is 1. The van der Waals surface area contributed by atoms with E-state index in [4.69, 9.17) is 16.0 Å². The van der Waals surface area contributed by atoms with Gasteiger partial charge in [-0.05, 0) is 37.1 Å². The molecule has 0 unspecified atom stereocenters. The van der Waals surface area contributed by atoms with Crippen LogP contribution in [-0.2, 0) is 4.79 Å². The van der Waals surface area contributed by atoms with Gasteiger partial charge < -0.3 is 9.73 Å². The lowest BCUT2D eigenvalue weighted by molar-refractivity contribution is -0.119. The first-order valence-corrected chi connectivity index (χ1v) is 9.47. The van der Waals surface area contributed by atoms with Gasteiger partial charge in [0.1, 0.15) is 0 Å². The smallest absolute Gasteiger partial charge is 0.277 e. The summed E-state index contributed by atoms with van der Waals surface area (Å²) in [5.74, 6) is 0.512. The molecular formula is C19H18ClN3O2S. The van der Waals surface area contributed by atoms with Crippen molar-refractivity contribution in [3.63, 3.8) is 0 Å². The van der Waals surface area contributed by atoms with Crippen molar-refractivity contribution in [2.45, 2.75) is 25.1 Å². The van der Waals surface area contributed by atoms with Gasteiger partial charge in [0.15, 0.2) is 0 Å². The van der Waals surface area contributed by atoms with Crippen molar-refractivity contribution in [1.29, 1.82) is 0 Å². The third-order valence-electron chi connectivity index (χ3n) is 3.86. The van der Waals surface area contributed by atoms with Crippen molar-refractivity contribution >= 4 is 29.3 Å². The van der Waals surface area contributed by atoms with Gasteiger partial charge in [-0.15, -0.1) is 10.2 Å². The Hall–Kier alpha value is -2.31. The summed E-state index contributed by atoms with van der Waals surface area (Å²) in [6.45, 7) is 3.88. The lowest BCUT2D eigenvalue weighted by Gasteiger charge is -2.15. The van der Waals surface area contributed by atoms with Crippen LogP contribution in [0.3, 0.4) is 0 Å². The van der Waals surface area contributed by atoms with Crippen molar-refractivity contribution in [1.82, 2.24) is 15.5 Å². The minimum atomic E-state index is -0.179. The van der Waals surface area contributed by atoms with Crippen molar-refractivity contribution in [2.75, 3.05) is 5.75 Å². The Labute approximate surface area is 161 Å². The summed E-state index contributed by atoms with van der Waals surface area (Å²) in [6, 6.07) is 15.1. The first kappa shape index (κ1) is 18.5. The normalized spacial score (nSPS) is 12.0. The average molecular weight is 388 g/mol. The number of hydrogen-bond acceptors (Lipinski definition) is 5. The van der Waals surface area contributed by atoms with Gasteiger partial charge in [-0.25, -0.2) is 0 Å². The lowest BCUT2D eigenvalue weighted by Crippen LogP contribution is -2.28. The van der Waals surface area contributed by atoms with Crippen molar-refractivity contribution in [3.05, 3.63) is 64.7 Å². The van der Waals surface area contributed by atoms with Crippen LogP contribution in [0.15, 0.2) is 58.2 Å². The van der Waals surface area contributed by atoms with Crippen LogP contribution in [0.25, 0.3) is 11.5 Å². The minimum Gasteiger partial charge on any atom is -0.411 e. The molecule has 7 heteroatoms. The van der Waals surface area contributed by atoms with Gasteiger partial charge in [-0.1, -0.05) is 59.8 Å². The number of aryl methyl sites for hydroxylation is 1. The highest BCUT2D eigenvalue weighted by Crippen LogP contribution is 2.26. The first-order valence-electron chi connectivity index (χ1n) is 8.10. The Morgan fingerprint density at radius 2 is 1.92 bits per heavy atom. The maximum atomic E-state index is 12.2. The van der Waals surface area contributed by atoms with Gasteiger partial charge in [0.2, 0.25) is 11.8 Å². The Kier molecular flexibility index (Phi) is 5.96. The van der Waals surface area contributed by atoms with Gasteiger partial charge in [0, 0.05) is 10.6 Å². The third kappa shape index (κ3) is 4.45. The summed E-state index contributed by atoms with van der Waals surface area (Å²) in [5.41, 5.74) is 2.83. The highest BCUT2D eigenvalue weighted by atomic mass is 35.5.